The third-order valence-corrected chi connectivity index (χ3v) is 1.12. The van der Waals surface area contributed by atoms with Gasteiger partial charge in [0.25, 0.3) is 0 Å². The van der Waals surface area contributed by atoms with Crippen LogP contribution in [0.3, 0.4) is 0 Å². The van der Waals surface area contributed by atoms with E-state index in [9.17, 15) is 4.79 Å². The molecular formula is C6H13NO2S. The molecule has 0 heterocycles. The SMILES string of the molecule is CCON(C(=O)S)C(C)C. The molecule has 0 aromatic rings. The maximum absolute atomic E-state index is 10.6. The number of carbonyl (C=O) groups is 1. The van der Waals surface area contributed by atoms with Crippen LogP contribution in [0.1, 0.15) is 20.8 Å². The highest BCUT2D eigenvalue weighted by atomic mass is 32.1. The van der Waals surface area contributed by atoms with Gasteiger partial charge in [-0.25, -0.2) is 5.06 Å². The lowest BCUT2D eigenvalue weighted by Gasteiger charge is -2.22. The average molecular weight is 163 g/mol. The fourth-order valence-corrected chi connectivity index (χ4v) is 0.853. The van der Waals surface area contributed by atoms with Gasteiger partial charge in [-0.2, -0.15) is 0 Å². The molecule has 0 spiro atoms. The smallest absolute Gasteiger partial charge is 0.270 e. The summed E-state index contributed by atoms with van der Waals surface area (Å²) in [6.07, 6.45) is 0. The molecule has 0 radical (unpaired) electrons. The molecule has 0 aromatic heterocycles. The van der Waals surface area contributed by atoms with E-state index < -0.39 is 0 Å². The van der Waals surface area contributed by atoms with Crippen LogP contribution in [0.5, 0.6) is 0 Å². The second-order valence-electron chi connectivity index (χ2n) is 2.12. The van der Waals surface area contributed by atoms with E-state index in [2.05, 4.69) is 12.6 Å². The number of thiol groups is 1. The van der Waals surface area contributed by atoms with Crippen LogP contribution in [0.4, 0.5) is 4.79 Å². The number of hydrogen-bond donors (Lipinski definition) is 1. The molecular weight excluding hydrogens is 150 g/mol. The molecule has 10 heavy (non-hydrogen) atoms. The summed E-state index contributed by atoms with van der Waals surface area (Å²) in [6.45, 7) is 6.05. The molecule has 3 nitrogen and oxygen atoms in total. The molecule has 0 rings (SSSR count). The first-order valence-electron chi connectivity index (χ1n) is 3.24. The number of nitrogens with zero attached hydrogens (tertiary/aromatic N) is 1. The molecule has 4 heteroatoms. The molecule has 0 unspecified atom stereocenters. The summed E-state index contributed by atoms with van der Waals surface area (Å²) in [5.74, 6) is 0. The Hall–Kier alpha value is -0.220. The summed E-state index contributed by atoms with van der Waals surface area (Å²) < 4.78 is 0. The van der Waals surface area contributed by atoms with E-state index in [0.29, 0.717) is 6.61 Å². The standard InChI is InChI=1S/C6H13NO2S/c1-4-9-7(5(2)3)6(8)10/h5H,4H2,1-3H3,(H,8,10). The van der Waals surface area contributed by atoms with Crippen LogP contribution >= 0.6 is 12.6 Å². The van der Waals surface area contributed by atoms with Crippen LogP contribution in [-0.2, 0) is 4.84 Å². The Balaban J connectivity index is 3.85. The zero-order chi connectivity index (χ0) is 8.15. The molecule has 0 saturated heterocycles. The minimum Gasteiger partial charge on any atom is -0.270 e. The minimum absolute atomic E-state index is 0.0462. The lowest BCUT2D eigenvalue weighted by Crippen LogP contribution is -2.33. The number of hydrogen-bond acceptors (Lipinski definition) is 2. The largest absolute Gasteiger partial charge is 0.302 e. The van der Waals surface area contributed by atoms with Gasteiger partial charge < -0.3 is 0 Å². The van der Waals surface area contributed by atoms with Crippen LogP contribution < -0.4 is 0 Å². The van der Waals surface area contributed by atoms with Crippen molar-refractivity contribution in [2.75, 3.05) is 6.61 Å². The maximum Gasteiger partial charge on any atom is 0.302 e. The van der Waals surface area contributed by atoms with Gasteiger partial charge in [0.05, 0.1) is 12.6 Å². The van der Waals surface area contributed by atoms with Crippen LogP contribution in [0.25, 0.3) is 0 Å². The molecule has 0 fully saturated rings. The van der Waals surface area contributed by atoms with Gasteiger partial charge in [-0.05, 0) is 20.8 Å². The summed E-state index contributed by atoms with van der Waals surface area (Å²) in [5, 5.41) is 0.889. The molecule has 0 saturated carbocycles. The van der Waals surface area contributed by atoms with Gasteiger partial charge in [-0.15, -0.1) is 0 Å². The molecule has 0 atom stereocenters. The van der Waals surface area contributed by atoms with Crippen molar-refractivity contribution < 1.29 is 9.63 Å². The highest BCUT2D eigenvalue weighted by Crippen LogP contribution is 2.02. The zero-order valence-electron chi connectivity index (χ0n) is 6.50. The molecule has 0 bridgehead atoms. The fraction of sp³-hybridized carbons (Fsp3) is 0.833. The molecule has 0 aliphatic heterocycles. The molecule has 0 N–H and O–H groups in total. The van der Waals surface area contributed by atoms with Gasteiger partial charge in [-0.1, -0.05) is 12.6 Å². The first-order chi connectivity index (χ1) is 4.59. The summed E-state index contributed by atoms with van der Waals surface area (Å²) in [4.78, 5) is 15.6. The molecule has 1 amide bonds. The Labute approximate surface area is 66.7 Å². The number of rotatable bonds is 3. The molecule has 0 aromatic carbocycles. The molecule has 0 aliphatic rings. The summed E-state index contributed by atoms with van der Waals surface area (Å²) in [7, 11) is 0. The predicted molar refractivity (Wildman–Crippen MR) is 43.0 cm³/mol. The van der Waals surface area contributed by atoms with E-state index >= 15 is 0 Å². The van der Waals surface area contributed by atoms with E-state index in [4.69, 9.17) is 4.84 Å². The summed E-state index contributed by atoms with van der Waals surface area (Å²) in [5.41, 5.74) is 0. The van der Waals surface area contributed by atoms with Crippen molar-refractivity contribution in [2.24, 2.45) is 0 Å². The van der Waals surface area contributed by atoms with Crippen molar-refractivity contribution in [3.8, 4) is 0 Å². The Bertz CT molecular complexity index is 116. The highest BCUT2D eigenvalue weighted by molar-refractivity contribution is 7.96. The van der Waals surface area contributed by atoms with E-state index in [1.54, 1.807) is 0 Å². The first-order valence-corrected chi connectivity index (χ1v) is 3.69. The molecule has 60 valence electrons. The third-order valence-electron chi connectivity index (χ3n) is 0.926. The fourth-order valence-electron chi connectivity index (χ4n) is 0.564. The average Bonchev–Trinajstić information content (AvgIpc) is 1.81. The van der Waals surface area contributed by atoms with Gasteiger partial charge >= 0.3 is 5.24 Å². The van der Waals surface area contributed by atoms with E-state index in [1.807, 2.05) is 20.8 Å². The van der Waals surface area contributed by atoms with Gasteiger partial charge in [0, 0.05) is 0 Å². The monoisotopic (exact) mass is 163 g/mol. The van der Waals surface area contributed by atoms with Gasteiger partial charge in [0.2, 0.25) is 0 Å². The van der Waals surface area contributed by atoms with E-state index in [0.717, 1.165) is 0 Å². The topological polar surface area (TPSA) is 29.5 Å². The lowest BCUT2D eigenvalue weighted by atomic mass is 10.4. The maximum atomic E-state index is 10.6. The van der Waals surface area contributed by atoms with Crippen LogP contribution in [-0.4, -0.2) is 23.0 Å². The van der Waals surface area contributed by atoms with Crippen molar-refractivity contribution >= 4 is 17.9 Å². The van der Waals surface area contributed by atoms with Crippen molar-refractivity contribution in [3.63, 3.8) is 0 Å². The highest BCUT2D eigenvalue weighted by Gasteiger charge is 2.12. The van der Waals surface area contributed by atoms with Crippen LogP contribution in [0.2, 0.25) is 0 Å². The third kappa shape index (κ3) is 3.08. The van der Waals surface area contributed by atoms with E-state index in [-0.39, 0.29) is 11.3 Å². The summed E-state index contributed by atoms with van der Waals surface area (Å²) >= 11 is 3.63. The lowest BCUT2D eigenvalue weighted by molar-refractivity contribution is -0.123. The van der Waals surface area contributed by atoms with Gasteiger partial charge in [0.15, 0.2) is 0 Å². The zero-order valence-corrected chi connectivity index (χ0v) is 7.39. The predicted octanol–water partition coefficient (Wildman–Crippen LogP) is 1.70. The number of amides is 1. The van der Waals surface area contributed by atoms with Crippen molar-refractivity contribution in [1.29, 1.82) is 0 Å². The molecule has 0 aliphatic carbocycles. The number of hydroxylamine groups is 2. The van der Waals surface area contributed by atoms with Crippen molar-refractivity contribution in [3.05, 3.63) is 0 Å². The Morgan fingerprint density at radius 1 is 1.70 bits per heavy atom. The normalized spacial score (nSPS) is 10.1. The van der Waals surface area contributed by atoms with Gasteiger partial charge in [0.1, 0.15) is 0 Å². The second-order valence-corrected chi connectivity index (χ2v) is 2.50. The summed E-state index contributed by atoms with van der Waals surface area (Å²) in [6, 6.07) is 0.0462. The van der Waals surface area contributed by atoms with E-state index in [1.165, 1.54) is 5.06 Å². The van der Waals surface area contributed by atoms with Crippen LogP contribution in [0.15, 0.2) is 0 Å². The Kier molecular flexibility index (Phi) is 4.47. The Morgan fingerprint density at radius 3 is 2.30 bits per heavy atom. The van der Waals surface area contributed by atoms with Crippen LogP contribution in [0, 0.1) is 0 Å². The van der Waals surface area contributed by atoms with Gasteiger partial charge in [-0.3, -0.25) is 9.63 Å². The quantitative estimate of drug-likeness (QED) is 0.507. The minimum atomic E-state index is -0.350. The Morgan fingerprint density at radius 2 is 2.20 bits per heavy atom. The van der Waals surface area contributed by atoms with Crippen molar-refractivity contribution in [1.82, 2.24) is 5.06 Å². The number of carbonyl (C=O) groups excluding carboxylic acids is 1. The first kappa shape index (κ1) is 9.78. The van der Waals surface area contributed by atoms with Crippen molar-refractivity contribution in [2.45, 2.75) is 26.8 Å². The second kappa shape index (κ2) is 4.57.